The van der Waals surface area contributed by atoms with Gasteiger partial charge in [-0.15, -0.1) is 0 Å². The van der Waals surface area contributed by atoms with E-state index in [1.807, 2.05) is 20.9 Å². The predicted molar refractivity (Wildman–Crippen MR) is 63.6 cm³/mol. The van der Waals surface area contributed by atoms with Crippen LogP contribution in [-0.4, -0.2) is 15.6 Å². The molecule has 0 N–H and O–H groups in total. The van der Waals surface area contributed by atoms with Crippen LogP contribution >= 0.6 is 11.6 Å². The fraction of sp³-hybridized carbons (Fsp3) is 0.667. The van der Waals surface area contributed by atoms with Crippen molar-refractivity contribution in [1.29, 1.82) is 0 Å². The molecule has 0 aliphatic heterocycles. The lowest BCUT2D eigenvalue weighted by Crippen LogP contribution is -2.13. The minimum absolute atomic E-state index is 0.177. The Hall–Kier alpha value is -0.830. The third-order valence-corrected chi connectivity index (χ3v) is 4.19. The Morgan fingerprint density at radius 1 is 1.56 bits per heavy atom. The van der Waals surface area contributed by atoms with Gasteiger partial charge in [0.25, 0.3) is 0 Å². The summed E-state index contributed by atoms with van der Waals surface area (Å²) in [4.78, 5) is 11.5. The zero-order chi connectivity index (χ0) is 11.9. The maximum Gasteiger partial charge on any atom is 0.135 e. The minimum Gasteiger partial charge on any atom is -0.299 e. The molecular weight excluding hydrogens is 224 g/mol. The molecule has 1 aromatic rings. The van der Waals surface area contributed by atoms with E-state index in [0.717, 1.165) is 30.5 Å². The lowest BCUT2D eigenvalue weighted by atomic mass is 9.91. The third-order valence-electron chi connectivity index (χ3n) is 3.71. The molecule has 4 heteroatoms. The Morgan fingerprint density at radius 3 is 2.69 bits per heavy atom. The van der Waals surface area contributed by atoms with E-state index in [9.17, 15) is 4.79 Å². The maximum atomic E-state index is 11.5. The van der Waals surface area contributed by atoms with Gasteiger partial charge in [0.05, 0.1) is 5.69 Å². The number of ketones is 1. The molecule has 1 aliphatic rings. The molecule has 0 bridgehead atoms. The van der Waals surface area contributed by atoms with Crippen molar-refractivity contribution in [2.24, 2.45) is 18.9 Å². The largest absolute Gasteiger partial charge is 0.299 e. The Balaban J connectivity index is 2.18. The number of rotatable bonds is 2. The number of aryl methyl sites for hydroxylation is 2. The molecule has 0 saturated heterocycles. The molecule has 88 valence electrons. The molecule has 1 saturated carbocycles. The minimum atomic E-state index is 0.177. The molecule has 2 rings (SSSR count). The van der Waals surface area contributed by atoms with Gasteiger partial charge in [-0.2, -0.15) is 5.10 Å². The number of aromatic nitrogens is 2. The van der Waals surface area contributed by atoms with Crippen LogP contribution in [0.25, 0.3) is 0 Å². The first-order valence-electron chi connectivity index (χ1n) is 5.71. The Kier molecular flexibility index (Phi) is 3.06. The second-order valence-corrected chi connectivity index (χ2v) is 5.09. The highest BCUT2D eigenvalue weighted by Crippen LogP contribution is 2.33. The highest BCUT2D eigenvalue weighted by atomic mass is 35.5. The van der Waals surface area contributed by atoms with E-state index >= 15 is 0 Å². The van der Waals surface area contributed by atoms with Crippen LogP contribution < -0.4 is 0 Å². The summed E-state index contributed by atoms with van der Waals surface area (Å²) >= 11 is 6.19. The fourth-order valence-corrected chi connectivity index (χ4v) is 2.77. The Morgan fingerprint density at radius 2 is 2.25 bits per heavy atom. The lowest BCUT2D eigenvalue weighted by Gasteiger charge is -2.13. The zero-order valence-electron chi connectivity index (χ0n) is 9.96. The molecule has 0 aromatic carbocycles. The van der Waals surface area contributed by atoms with E-state index in [4.69, 9.17) is 11.6 Å². The van der Waals surface area contributed by atoms with Gasteiger partial charge >= 0.3 is 0 Å². The van der Waals surface area contributed by atoms with Crippen molar-refractivity contribution in [2.75, 3.05) is 0 Å². The molecule has 1 aromatic heterocycles. The van der Waals surface area contributed by atoms with Crippen molar-refractivity contribution in [2.45, 2.75) is 33.1 Å². The van der Waals surface area contributed by atoms with E-state index in [1.165, 1.54) is 0 Å². The highest BCUT2D eigenvalue weighted by Gasteiger charge is 2.32. The molecule has 0 amide bonds. The summed E-state index contributed by atoms with van der Waals surface area (Å²) in [5.41, 5.74) is 2.09. The van der Waals surface area contributed by atoms with Crippen LogP contribution in [0.15, 0.2) is 0 Å². The zero-order valence-corrected chi connectivity index (χ0v) is 10.7. The van der Waals surface area contributed by atoms with Gasteiger partial charge < -0.3 is 0 Å². The van der Waals surface area contributed by atoms with E-state index in [0.29, 0.717) is 16.9 Å². The van der Waals surface area contributed by atoms with Crippen molar-refractivity contribution < 1.29 is 4.79 Å². The molecule has 0 spiro atoms. The van der Waals surface area contributed by atoms with E-state index in [-0.39, 0.29) is 5.92 Å². The summed E-state index contributed by atoms with van der Waals surface area (Å²) in [7, 11) is 1.85. The molecule has 2 atom stereocenters. The van der Waals surface area contributed by atoms with Gasteiger partial charge in [-0.25, -0.2) is 0 Å². The van der Waals surface area contributed by atoms with Gasteiger partial charge in [-0.3, -0.25) is 9.48 Å². The lowest BCUT2D eigenvalue weighted by molar-refractivity contribution is -0.120. The summed E-state index contributed by atoms with van der Waals surface area (Å²) in [5.74, 6) is 1.01. The molecule has 1 heterocycles. The second kappa shape index (κ2) is 4.21. The van der Waals surface area contributed by atoms with Crippen molar-refractivity contribution in [1.82, 2.24) is 9.78 Å². The molecule has 1 fully saturated rings. The average Bonchev–Trinajstić information content (AvgIpc) is 2.66. The van der Waals surface area contributed by atoms with Crippen LogP contribution in [0.2, 0.25) is 5.15 Å². The fourth-order valence-electron chi connectivity index (χ4n) is 2.52. The summed E-state index contributed by atoms with van der Waals surface area (Å²) in [6, 6.07) is 0. The van der Waals surface area contributed by atoms with Gasteiger partial charge in [0.2, 0.25) is 0 Å². The van der Waals surface area contributed by atoms with Crippen LogP contribution in [0.1, 0.15) is 31.0 Å². The summed E-state index contributed by atoms with van der Waals surface area (Å²) < 4.78 is 1.70. The Labute approximate surface area is 101 Å². The maximum absolute atomic E-state index is 11.5. The van der Waals surface area contributed by atoms with Gasteiger partial charge in [-0.05, 0) is 25.7 Å². The molecule has 2 unspecified atom stereocenters. The number of hydrogen-bond donors (Lipinski definition) is 0. The van der Waals surface area contributed by atoms with Crippen molar-refractivity contribution >= 4 is 17.4 Å². The molecule has 1 aliphatic carbocycles. The number of halogens is 1. The average molecular weight is 241 g/mol. The third kappa shape index (κ3) is 1.88. The number of nitrogens with zero attached hydrogens (tertiary/aromatic N) is 2. The van der Waals surface area contributed by atoms with Crippen LogP contribution in [0.3, 0.4) is 0 Å². The van der Waals surface area contributed by atoms with Gasteiger partial charge in [-0.1, -0.05) is 18.5 Å². The standard InChI is InChI=1S/C12H17ClN2O/c1-7-9(4-5-11(7)16)6-10-8(2)14-15(3)12(10)13/h7,9H,4-6H2,1-3H3. The first-order valence-corrected chi connectivity index (χ1v) is 6.09. The monoisotopic (exact) mass is 240 g/mol. The SMILES string of the molecule is Cc1nn(C)c(Cl)c1CC1CCC(=O)C1C. The Bertz CT molecular complexity index is 425. The number of carbonyl (C=O) groups is 1. The van der Waals surface area contributed by atoms with Crippen LogP contribution in [-0.2, 0) is 18.3 Å². The molecule has 3 nitrogen and oxygen atoms in total. The summed E-state index contributed by atoms with van der Waals surface area (Å²) in [6.45, 7) is 4.00. The first-order chi connectivity index (χ1) is 7.50. The smallest absolute Gasteiger partial charge is 0.135 e. The van der Waals surface area contributed by atoms with E-state index in [1.54, 1.807) is 4.68 Å². The quantitative estimate of drug-likeness (QED) is 0.796. The first kappa shape index (κ1) is 11.6. The van der Waals surface area contributed by atoms with Gasteiger partial charge in [0, 0.05) is 24.9 Å². The number of carbonyl (C=O) groups excluding carboxylic acids is 1. The van der Waals surface area contributed by atoms with Crippen molar-refractivity contribution in [3.63, 3.8) is 0 Å². The van der Waals surface area contributed by atoms with Crippen LogP contribution in [0.5, 0.6) is 0 Å². The summed E-state index contributed by atoms with van der Waals surface area (Å²) in [5, 5.41) is 5.01. The molecule has 16 heavy (non-hydrogen) atoms. The highest BCUT2D eigenvalue weighted by molar-refractivity contribution is 6.30. The molecular formula is C12H17ClN2O. The second-order valence-electron chi connectivity index (χ2n) is 4.74. The van der Waals surface area contributed by atoms with Gasteiger partial charge in [0.15, 0.2) is 0 Å². The van der Waals surface area contributed by atoms with Crippen LogP contribution in [0.4, 0.5) is 0 Å². The molecule has 0 radical (unpaired) electrons. The normalized spacial score (nSPS) is 25.4. The van der Waals surface area contributed by atoms with E-state index in [2.05, 4.69) is 5.10 Å². The van der Waals surface area contributed by atoms with Crippen LogP contribution in [0, 0.1) is 18.8 Å². The topological polar surface area (TPSA) is 34.9 Å². The summed E-state index contributed by atoms with van der Waals surface area (Å²) in [6.07, 6.45) is 2.60. The number of hydrogen-bond acceptors (Lipinski definition) is 2. The van der Waals surface area contributed by atoms with Gasteiger partial charge in [0.1, 0.15) is 10.9 Å². The van der Waals surface area contributed by atoms with E-state index < -0.39 is 0 Å². The van der Waals surface area contributed by atoms with Crippen molar-refractivity contribution in [3.05, 3.63) is 16.4 Å². The van der Waals surface area contributed by atoms with Crippen molar-refractivity contribution in [3.8, 4) is 0 Å². The predicted octanol–water partition coefficient (Wildman–Crippen LogP) is 2.54. The number of Topliss-reactive ketones (excluding diaryl/α,β-unsaturated/α-hetero) is 1.